The molecule has 0 bridgehead atoms. The van der Waals surface area contributed by atoms with Crippen LogP contribution in [-0.4, -0.2) is 16.5 Å². The maximum Gasteiger partial charge on any atom is 0.224 e. The zero-order chi connectivity index (χ0) is 14.5. The van der Waals surface area contributed by atoms with E-state index in [-0.39, 0.29) is 6.04 Å². The summed E-state index contributed by atoms with van der Waals surface area (Å²) in [6, 6.07) is 10.7. The monoisotopic (exact) mass is 270 g/mol. The highest BCUT2D eigenvalue weighted by molar-refractivity contribution is 5.44. The molecule has 0 spiro atoms. The minimum Gasteiger partial charge on any atom is -0.363 e. The van der Waals surface area contributed by atoms with Crippen LogP contribution in [0.1, 0.15) is 36.7 Å². The smallest absolute Gasteiger partial charge is 0.224 e. The third-order valence-corrected chi connectivity index (χ3v) is 3.13. The molecule has 2 rings (SSSR count). The number of benzene rings is 1. The van der Waals surface area contributed by atoms with Crippen LogP contribution in [0.3, 0.4) is 0 Å². The second-order valence-corrected chi connectivity index (χ2v) is 5.03. The van der Waals surface area contributed by atoms with Gasteiger partial charge in [0.15, 0.2) is 0 Å². The first kappa shape index (κ1) is 14.3. The molecular formula is C16H22N4. The molecule has 0 saturated heterocycles. The highest BCUT2D eigenvalue weighted by atomic mass is 15.1. The number of rotatable bonds is 5. The van der Waals surface area contributed by atoms with Crippen molar-refractivity contribution in [1.29, 1.82) is 0 Å². The number of aromatic nitrogens is 2. The Hall–Kier alpha value is -2.10. The molecule has 4 nitrogen and oxygen atoms in total. The molecule has 1 atom stereocenters. The van der Waals surface area contributed by atoms with Crippen molar-refractivity contribution in [3.63, 3.8) is 0 Å². The Labute approximate surface area is 120 Å². The molecule has 1 aromatic heterocycles. The van der Waals surface area contributed by atoms with Crippen LogP contribution in [0.4, 0.5) is 11.8 Å². The largest absolute Gasteiger partial charge is 0.363 e. The molecule has 1 heterocycles. The molecule has 0 aliphatic rings. The van der Waals surface area contributed by atoms with E-state index in [1.54, 1.807) is 0 Å². The van der Waals surface area contributed by atoms with Crippen LogP contribution in [0.5, 0.6) is 0 Å². The summed E-state index contributed by atoms with van der Waals surface area (Å²) in [6.45, 7) is 9.06. The van der Waals surface area contributed by atoms with Gasteiger partial charge in [-0.2, -0.15) is 4.98 Å². The van der Waals surface area contributed by atoms with E-state index in [1.165, 1.54) is 11.1 Å². The van der Waals surface area contributed by atoms with Gasteiger partial charge < -0.3 is 10.6 Å². The fraction of sp³-hybridized carbons (Fsp3) is 0.375. The Morgan fingerprint density at radius 2 is 1.80 bits per heavy atom. The third kappa shape index (κ3) is 3.70. The lowest BCUT2D eigenvalue weighted by Gasteiger charge is -2.16. The lowest BCUT2D eigenvalue weighted by Crippen LogP contribution is -2.10. The molecular weight excluding hydrogens is 248 g/mol. The van der Waals surface area contributed by atoms with Gasteiger partial charge >= 0.3 is 0 Å². The van der Waals surface area contributed by atoms with Gasteiger partial charge in [-0.3, -0.25) is 0 Å². The second-order valence-electron chi connectivity index (χ2n) is 5.03. The van der Waals surface area contributed by atoms with Crippen LogP contribution in [0.2, 0.25) is 0 Å². The number of hydrogen-bond acceptors (Lipinski definition) is 4. The van der Waals surface area contributed by atoms with Crippen LogP contribution >= 0.6 is 0 Å². The number of hydrogen-bond donors (Lipinski definition) is 2. The molecule has 0 aliphatic heterocycles. The van der Waals surface area contributed by atoms with Gasteiger partial charge in [-0.25, -0.2) is 4.98 Å². The van der Waals surface area contributed by atoms with Gasteiger partial charge in [0.2, 0.25) is 5.95 Å². The number of nitrogens with zero attached hydrogens (tertiary/aromatic N) is 2. The molecule has 1 unspecified atom stereocenters. The Morgan fingerprint density at radius 3 is 2.45 bits per heavy atom. The van der Waals surface area contributed by atoms with Crippen molar-refractivity contribution < 1.29 is 0 Å². The van der Waals surface area contributed by atoms with Crippen molar-refractivity contribution in [3.05, 3.63) is 47.2 Å². The summed E-state index contributed by atoms with van der Waals surface area (Å²) in [4.78, 5) is 8.83. The van der Waals surface area contributed by atoms with Crippen LogP contribution in [0, 0.1) is 13.8 Å². The van der Waals surface area contributed by atoms with E-state index in [1.807, 2.05) is 19.9 Å². The van der Waals surface area contributed by atoms with Gasteiger partial charge in [-0.1, -0.05) is 29.8 Å². The summed E-state index contributed by atoms with van der Waals surface area (Å²) in [5.74, 6) is 1.52. The predicted octanol–water partition coefficient (Wildman–Crippen LogP) is 3.70. The fourth-order valence-electron chi connectivity index (χ4n) is 2.04. The van der Waals surface area contributed by atoms with Crippen molar-refractivity contribution in [3.8, 4) is 0 Å². The van der Waals surface area contributed by atoms with Gasteiger partial charge in [0.1, 0.15) is 5.82 Å². The molecule has 2 N–H and O–H groups in total. The summed E-state index contributed by atoms with van der Waals surface area (Å²) in [5.41, 5.74) is 3.47. The summed E-state index contributed by atoms with van der Waals surface area (Å²) in [6.07, 6.45) is 0. The third-order valence-electron chi connectivity index (χ3n) is 3.13. The molecule has 0 radical (unpaired) electrons. The maximum atomic E-state index is 4.47. The topological polar surface area (TPSA) is 49.8 Å². The first-order valence-electron chi connectivity index (χ1n) is 7.01. The molecule has 0 saturated carbocycles. The fourth-order valence-corrected chi connectivity index (χ4v) is 2.04. The van der Waals surface area contributed by atoms with Crippen LogP contribution in [0.15, 0.2) is 30.3 Å². The average Bonchev–Trinajstić information content (AvgIpc) is 2.39. The maximum absolute atomic E-state index is 4.47. The van der Waals surface area contributed by atoms with E-state index >= 15 is 0 Å². The van der Waals surface area contributed by atoms with Crippen LogP contribution in [0.25, 0.3) is 0 Å². The van der Waals surface area contributed by atoms with E-state index in [4.69, 9.17) is 0 Å². The SMILES string of the molecule is CCNc1nc(C)cc(NC(C)c2ccc(C)cc2)n1. The van der Waals surface area contributed by atoms with Crippen molar-refractivity contribution >= 4 is 11.8 Å². The number of anilines is 2. The van der Waals surface area contributed by atoms with Gasteiger partial charge in [0.05, 0.1) is 0 Å². The summed E-state index contributed by atoms with van der Waals surface area (Å²) < 4.78 is 0. The molecule has 0 amide bonds. The van der Waals surface area contributed by atoms with Gasteiger partial charge in [-0.15, -0.1) is 0 Å². The van der Waals surface area contributed by atoms with Crippen molar-refractivity contribution in [2.45, 2.75) is 33.7 Å². The Morgan fingerprint density at radius 1 is 1.10 bits per heavy atom. The quantitative estimate of drug-likeness (QED) is 0.870. The highest BCUT2D eigenvalue weighted by Crippen LogP contribution is 2.19. The van der Waals surface area contributed by atoms with Gasteiger partial charge in [0.25, 0.3) is 0 Å². The second kappa shape index (κ2) is 6.37. The zero-order valence-corrected chi connectivity index (χ0v) is 12.6. The Bertz CT molecular complexity index is 563. The molecule has 0 fully saturated rings. The minimum atomic E-state index is 0.208. The van der Waals surface area contributed by atoms with E-state index < -0.39 is 0 Å². The minimum absolute atomic E-state index is 0.208. The van der Waals surface area contributed by atoms with Crippen molar-refractivity contribution in [2.24, 2.45) is 0 Å². The standard InChI is InChI=1S/C16H22N4/c1-5-17-16-18-12(3)10-15(20-16)19-13(4)14-8-6-11(2)7-9-14/h6-10,13H,5H2,1-4H3,(H2,17,18,19,20). The average molecular weight is 270 g/mol. The van der Waals surface area contributed by atoms with Crippen LogP contribution < -0.4 is 10.6 Å². The number of nitrogens with one attached hydrogen (secondary N) is 2. The molecule has 20 heavy (non-hydrogen) atoms. The Balaban J connectivity index is 2.14. The highest BCUT2D eigenvalue weighted by Gasteiger charge is 2.07. The normalized spacial score (nSPS) is 12.0. The van der Waals surface area contributed by atoms with E-state index in [0.717, 1.165) is 18.1 Å². The summed E-state index contributed by atoms with van der Waals surface area (Å²) >= 11 is 0. The molecule has 4 heteroatoms. The lowest BCUT2D eigenvalue weighted by molar-refractivity contribution is 0.869. The first-order chi connectivity index (χ1) is 9.58. The van der Waals surface area contributed by atoms with E-state index in [2.05, 4.69) is 58.7 Å². The van der Waals surface area contributed by atoms with E-state index in [0.29, 0.717) is 5.95 Å². The summed E-state index contributed by atoms with van der Waals surface area (Å²) in [7, 11) is 0. The van der Waals surface area contributed by atoms with Crippen molar-refractivity contribution in [2.75, 3.05) is 17.2 Å². The van der Waals surface area contributed by atoms with Crippen LogP contribution in [-0.2, 0) is 0 Å². The first-order valence-corrected chi connectivity index (χ1v) is 7.01. The number of aryl methyl sites for hydroxylation is 2. The Kier molecular flexibility index (Phi) is 4.56. The summed E-state index contributed by atoms with van der Waals surface area (Å²) in [5, 5.41) is 6.57. The van der Waals surface area contributed by atoms with Gasteiger partial charge in [-0.05, 0) is 33.3 Å². The lowest BCUT2D eigenvalue weighted by atomic mass is 10.1. The van der Waals surface area contributed by atoms with Crippen molar-refractivity contribution in [1.82, 2.24) is 9.97 Å². The predicted molar refractivity (Wildman–Crippen MR) is 84.1 cm³/mol. The van der Waals surface area contributed by atoms with Gasteiger partial charge in [0, 0.05) is 24.3 Å². The zero-order valence-electron chi connectivity index (χ0n) is 12.6. The molecule has 1 aromatic carbocycles. The molecule has 2 aromatic rings. The molecule has 106 valence electrons. The molecule has 0 aliphatic carbocycles. The van der Waals surface area contributed by atoms with E-state index in [9.17, 15) is 0 Å².